The zero-order valence-electron chi connectivity index (χ0n) is 12.6. The highest BCUT2D eigenvalue weighted by Crippen LogP contribution is 2.36. The number of carbonyl (C=O) groups excluding carboxylic acids is 1. The zero-order chi connectivity index (χ0) is 15.6. The highest BCUT2D eigenvalue weighted by molar-refractivity contribution is 6.04. The van der Waals surface area contributed by atoms with Crippen LogP contribution in [0.2, 0.25) is 0 Å². The predicted molar refractivity (Wildman–Crippen MR) is 92.7 cm³/mol. The van der Waals surface area contributed by atoms with E-state index in [1.165, 1.54) is 0 Å². The number of carbonyl (C=O) groups is 1. The summed E-state index contributed by atoms with van der Waals surface area (Å²) in [7, 11) is 0. The number of anilines is 3. The van der Waals surface area contributed by atoms with Crippen molar-refractivity contribution in [1.82, 2.24) is 0 Å². The zero-order valence-corrected chi connectivity index (χ0v) is 12.6. The van der Waals surface area contributed by atoms with Gasteiger partial charge in [-0.25, -0.2) is 10.0 Å². The van der Waals surface area contributed by atoms with Crippen molar-refractivity contribution in [1.29, 1.82) is 0 Å². The second-order valence-electron chi connectivity index (χ2n) is 5.49. The molecular weight excluding hydrogens is 284 g/mol. The lowest BCUT2D eigenvalue weighted by Gasteiger charge is -2.34. The van der Waals surface area contributed by atoms with Gasteiger partial charge in [0.15, 0.2) is 0 Å². The molecule has 1 aliphatic heterocycles. The van der Waals surface area contributed by atoms with Crippen LogP contribution in [0.15, 0.2) is 84.9 Å². The molecule has 112 valence electrons. The summed E-state index contributed by atoms with van der Waals surface area (Å²) >= 11 is 0. The smallest absolute Gasteiger partial charge is 0.250 e. The minimum Gasteiger partial charge on any atom is -0.272 e. The minimum atomic E-state index is 0.0823. The molecule has 3 heteroatoms. The molecule has 1 aliphatic rings. The van der Waals surface area contributed by atoms with Crippen LogP contribution < -0.4 is 10.0 Å². The fraction of sp³-hybridized carbons (Fsp3) is 0.0500. The number of para-hydroxylation sites is 3. The summed E-state index contributed by atoms with van der Waals surface area (Å²) in [5.41, 5.74) is 3.94. The maximum atomic E-state index is 12.7. The molecule has 0 saturated carbocycles. The second kappa shape index (κ2) is 5.61. The van der Waals surface area contributed by atoms with Gasteiger partial charge in [0.25, 0.3) is 5.91 Å². The number of fused-ring (bicyclic) bond motifs is 1. The van der Waals surface area contributed by atoms with E-state index in [0.717, 1.165) is 22.6 Å². The molecule has 0 atom stereocenters. The van der Waals surface area contributed by atoms with Crippen LogP contribution in [0.25, 0.3) is 0 Å². The summed E-state index contributed by atoms with van der Waals surface area (Å²) in [5.74, 6) is 0.0823. The molecule has 0 bridgehead atoms. The molecule has 0 saturated heterocycles. The summed E-state index contributed by atoms with van der Waals surface area (Å²) < 4.78 is 0. The summed E-state index contributed by atoms with van der Waals surface area (Å²) in [4.78, 5) is 12.7. The van der Waals surface area contributed by atoms with Crippen LogP contribution in [-0.4, -0.2) is 5.91 Å². The number of hydrogen-bond donors (Lipinski definition) is 0. The molecule has 23 heavy (non-hydrogen) atoms. The maximum absolute atomic E-state index is 12.7. The van der Waals surface area contributed by atoms with Crippen molar-refractivity contribution in [2.24, 2.45) is 0 Å². The topological polar surface area (TPSA) is 23.6 Å². The summed E-state index contributed by atoms with van der Waals surface area (Å²) in [6, 6.07) is 27.9. The Kier molecular flexibility index (Phi) is 3.31. The lowest BCUT2D eigenvalue weighted by molar-refractivity contribution is -0.117. The van der Waals surface area contributed by atoms with E-state index in [2.05, 4.69) is 0 Å². The Morgan fingerprint density at radius 2 is 1.22 bits per heavy atom. The second-order valence-corrected chi connectivity index (χ2v) is 5.49. The summed E-state index contributed by atoms with van der Waals surface area (Å²) in [5, 5.41) is 3.76. The quantitative estimate of drug-likeness (QED) is 0.719. The van der Waals surface area contributed by atoms with Crippen molar-refractivity contribution >= 4 is 23.0 Å². The van der Waals surface area contributed by atoms with Gasteiger partial charge in [-0.2, -0.15) is 0 Å². The minimum absolute atomic E-state index is 0.0823. The van der Waals surface area contributed by atoms with Crippen molar-refractivity contribution in [2.75, 3.05) is 10.0 Å². The Hall–Kier alpha value is -3.07. The fourth-order valence-corrected chi connectivity index (χ4v) is 2.98. The van der Waals surface area contributed by atoms with E-state index in [0.29, 0.717) is 6.42 Å². The summed E-state index contributed by atoms with van der Waals surface area (Å²) in [6.07, 6.45) is 0.437. The third-order valence-corrected chi connectivity index (χ3v) is 4.00. The van der Waals surface area contributed by atoms with Crippen molar-refractivity contribution in [3.8, 4) is 0 Å². The van der Waals surface area contributed by atoms with Crippen molar-refractivity contribution in [3.63, 3.8) is 0 Å². The summed E-state index contributed by atoms with van der Waals surface area (Å²) in [6.45, 7) is 0. The van der Waals surface area contributed by atoms with Gasteiger partial charge < -0.3 is 0 Å². The number of nitrogens with zero attached hydrogens (tertiary/aromatic N) is 2. The molecule has 0 unspecified atom stereocenters. The average molecular weight is 300 g/mol. The number of hydrazine groups is 1. The molecule has 1 amide bonds. The number of hydrogen-bond acceptors (Lipinski definition) is 2. The lowest BCUT2D eigenvalue weighted by atomic mass is 10.2. The predicted octanol–water partition coefficient (Wildman–Crippen LogP) is 4.33. The molecule has 3 aromatic carbocycles. The van der Waals surface area contributed by atoms with Crippen LogP contribution in [-0.2, 0) is 11.2 Å². The Morgan fingerprint density at radius 3 is 1.83 bits per heavy atom. The Balaban J connectivity index is 1.88. The first-order chi connectivity index (χ1) is 11.3. The van der Waals surface area contributed by atoms with Crippen LogP contribution in [0.5, 0.6) is 0 Å². The van der Waals surface area contributed by atoms with Crippen LogP contribution >= 0.6 is 0 Å². The van der Waals surface area contributed by atoms with Crippen LogP contribution in [0.4, 0.5) is 17.1 Å². The van der Waals surface area contributed by atoms with Crippen LogP contribution in [0.1, 0.15) is 5.56 Å². The molecule has 4 rings (SSSR count). The van der Waals surface area contributed by atoms with Gasteiger partial charge in [-0.15, -0.1) is 0 Å². The highest BCUT2D eigenvalue weighted by atomic mass is 16.2. The molecule has 0 radical (unpaired) electrons. The SMILES string of the molecule is O=C1Cc2ccccc2N1N(c1ccccc1)c1ccccc1. The Bertz CT molecular complexity index is 791. The third kappa shape index (κ3) is 2.36. The maximum Gasteiger partial charge on any atom is 0.250 e. The first-order valence-electron chi connectivity index (χ1n) is 7.65. The van der Waals surface area contributed by atoms with E-state index >= 15 is 0 Å². The monoisotopic (exact) mass is 300 g/mol. The van der Waals surface area contributed by atoms with Gasteiger partial charge >= 0.3 is 0 Å². The molecular formula is C20H16N2O. The normalized spacial score (nSPS) is 13.0. The van der Waals surface area contributed by atoms with E-state index in [1.807, 2.05) is 89.9 Å². The van der Waals surface area contributed by atoms with E-state index in [9.17, 15) is 4.79 Å². The third-order valence-electron chi connectivity index (χ3n) is 4.00. The van der Waals surface area contributed by atoms with Gasteiger partial charge in [0.2, 0.25) is 0 Å². The van der Waals surface area contributed by atoms with Gasteiger partial charge in [0.1, 0.15) is 0 Å². The van der Waals surface area contributed by atoms with Gasteiger partial charge in [-0.1, -0.05) is 54.6 Å². The molecule has 0 fully saturated rings. The molecule has 3 aromatic rings. The molecule has 0 N–H and O–H groups in total. The van der Waals surface area contributed by atoms with E-state index in [-0.39, 0.29) is 5.91 Å². The molecule has 0 spiro atoms. The van der Waals surface area contributed by atoms with Crippen LogP contribution in [0.3, 0.4) is 0 Å². The van der Waals surface area contributed by atoms with Gasteiger partial charge in [-0.05, 0) is 35.9 Å². The standard InChI is InChI=1S/C20H16N2O/c23-20-15-16-9-7-8-14-19(16)22(20)21(17-10-3-1-4-11-17)18-12-5-2-6-13-18/h1-14H,15H2. The molecule has 1 heterocycles. The number of rotatable bonds is 3. The van der Waals surface area contributed by atoms with E-state index < -0.39 is 0 Å². The molecule has 0 aliphatic carbocycles. The first kappa shape index (κ1) is 13.6. The van der Waals surface area contributed by atoms with Gasteiger partial charge in [-0.3, -0.25) is 4.79 Å². The number of amides is 1. The number of benzene rings is 3. The van der Waals surface area contributed by atoms with Crippen molar-refractivity contribution in [3.05, 3.63) is 90.5 Å². The lowest BCUT2D eigenvalue weighted by Crippen LogP contribution is -2.41. The Labute approximate surface area is 135 Å². The average Bonchev–Trinajstić information content (AvgIpc) is 2.94. The molecule has 3 nitrogen and oxygen atoms in total. The van der Waals surface area contributed by atoms with E-state index in [4.69, 9.17) is 0 Å². The largest absolute Gasteiger partial charge is 0.272 e. The van der Waals surface area contributed by atoms with Gasteiger partial charge in [0.05, 0.1) is 23.5 Å². The van der Waals surface area contributed by atoms with Gasteiger partial charge in [0, 0.05) is 0 Å². The van der Waals surface area contributed by atoms with Crippen LogP contribution in [0, 0.1) is 0 Å². The first-order valence-corrected chi connectivity index (χ1v) is 7.65. The molecule has 0 aromatic heterocycles. The fourth-order valence-electron chi connectivity index (χ4n) is 2.98. The Morgan fingerprint density at radius 1 is 0.696 bits per heavy atom. The van der Waals surface area contributed by atoms with Crippen molar-refractivity contribution < 1.29 is 4.79 Å². The highest BCUT2D eigenvalue weighted by Gasteiger charge is 2.32. The van der Waals surface area contributed by atoms with Crippen molar-refractivity contribution in [2.45, 2.75) is 6.42 Å². The van der Waals surface area contributed by atoms with E-state index in [1.54, 1.807) is 5.01 Å².